The van der Waals surface area contributed by atoms with E-state index in [0.717, 1.165) is 35.3 Å². The molecule has 1 saturated heterocycles. The molecule has 2 aromatic rings. The molecule has 1 aromatic carbocycles. The quantitative estimate of drug-likeness (QED) is 0.292. The fraction of sp³-hybridized carbons (Fsp3) is 0.500. The largest absolute Gasteiger partial charge is 0.444 e. The van der Waals surface area contributed by atoms with Gasteiger partial charge in [0.2, 0.25) is 0 Å². The molecule has 0 unspecified atom stereocenters. The summed E-state index contributed by atoms with van der Waals surface area (Å²) in [5.41, 5.74) is 5.16. The standard InChI is InChI=1S/C34H44F2N4O3/c1-8-24-16-27(25-19-38-39(7)20-25)29(32(35)36)17-28(24)26(9-2)31(37-18-23-11-14-42-15-12-23)30-21-40(13-10-22(30)3)33(41)43-34(4,5)6/h8-9,16-17,19-20,23,32H,1,10-15,18,21H2,2-7H3/b26-9+,37-31?. The molecule has 2 aliphatic heterocycles. The van der Waals surface area contributed by atoms with Crippen molar-refractivity contribution in [1.29, 1.82) is 0 Å². The van der Waals surface area contributed by atoms with Crippen molar-refractivity contribution < 1.29 is 23.0 Å². The highest BCUT2D eigenvalue weighted by Crippen LogP contribution is 2.38. The Hall–Kier alpha value is -3.59. The summed E-state index contributed by atoms with van der Waals surface area (Å²) in [5.74, 6) is 0.358. The molecule has 0 spiro atoms. The van der Waals surface area contributed by atoms with E-state index in [1.165, 1.54) is 0 Å². The molecule has 7 nitrogen and oxygen atoms in total. The normalized spacial score (nSPS) is 17.6. The lowest BCUT2D eigenvalue weighted by atomic mass is 9.85. The Morgan fingerprint density at radius 1 is 1.28 bits per heavy atom. The van der Waals surface area contributed by atoms with Crippen molar-refractivity contribution in [3.05, 3.63) is 65.0 Å². The number of amides is 1. The predicted molar refractivity (Wildman–Crippen MR) is 168 cm³/mol. The van der Waals surface area contributed by atoms with Gasteiger partial charge in [0.15, 0.2) is 0 Å². The van der Waals surface area contributed by atoms with E-state index in [4.69, 9.17) is 14.5 Å². The number of hydrogen-bond acceptors (Lipinski definition) is 5. The molecule has 0 N–H and O–H groups in total. The minimum absolute atomic E-state index is 0.0820. The molecule has 2 aliphatic rings. The first-order chi connectivity index (χ1) is 20.4. The van der Waals surface area contributed by atoms with E-state index in [9.17, 15) is 13.6 Å². The number of aromatic nitrogens is 2. The summed E-state index contributed by atoms with van der Waals surface area (Å²) in [6.45, 7) is 16.4. The van der Waals surface area contributed by atoms with Gasteiger partial charge >= 0.3 is 6.09 Å². The van der Waals surface area contributed by atoms with Crippen molar-refractivity contribution in [3.63, 3.8) is 0 Å². The van der Waals surface area contributed by atoms with Gasteiger partial charge in [-0.05, 0) is 94.2 Å². The van der Waals surface area contributed by atoms with Crippen molar-refractivity contribution in [2.24, 2.45) is 18.0 Å². The van der Waals surface area contributed by atoms with E-state index in [2.05, 4.69) is 18.6 Å². The van der Waals surface area contributed by atoms with Crippen LogP contribution in [0.1, 0.15) is 77.0 Å². The highest BCUT2D eigenvalue weighted by molar-refractivity contribution is 6.32. The second-order valence-electron chi connectivity index (χ2n) is 12.3. The lowest BCUT2D eigenvalue weighted by molar-refractivity contribution is 0.0263. The molecule has 1 fully saturated rings. The number of allylic oxidation sites excluding steroid dienone is 2. The highest BCUT2D eigenvalue weighted by atomic mass is 19.3. The number of hydrogen-bond donors (Lipinski definition) is 0. The molecular weight excluding hydrogens is 550 g/mol. The summed E-state index contributed by atoms with van der Waals surface area (Å²) < 4.78 is 42.1. The number of carbonyl (C=O) groups is 1. The van der Waals surface area contributed by atoms with Gasteiger partial charge in [0.1, 0.15) is 5.60 Å². The van der Waals surface area contributed by atoms with Crippen LogP contribution in [0.3, 0.4) is 0 Å². The number of halogens is 2. The topological polar surface area (TPSA) is 69.0 Å². The van der Waals surface area contributed by atoms with Gasteiger partial charge in [-0.2, -0.15) is 5.10 Å². The van der Waals surface area contributed by atoms with Gasteiger partial charge in [-0.15, -0.1) is 0 Å². The van der Waals surface area contributed by atoms with Crippen molar-refractivity contribution in [2.45, 2.75) is 65.9 Å². The number of nitrogens with zero attached hydrogens (tertiary/aromatic N) is 4. The summed E-state index contributed by atoms with van der Waals surface area (Å²) in [4.78, 5) is 20.0. The van der Waals surface area contributed by atoms with Crippen molar-refractivity contribution in [1.82, 2.24) is 14.7 Å². The van der Waals surface area contributed by atoms with Crippen molar-refractivity contribution in [2.75, 3.05) is 32.8 Å². The number of aliphatic imine (C=N–C) groups is 1. The fourth-order valence-electron chi connectivity index (χ4n) is 5.56. The molecule has 1 aromatic heterocycles. The van der Waals surface area contributed by atoms with Crippen LogP contribution in [0.4, 0.5) is 13.6 Å². The Morgan fingerprint density at radius 3 is 2.58 bits per heavy atom. The summed E-state index contributed by atoms with van der Waals surface area (Å²) in [7, 11) is 1.76. The molecule has 0 atom stereocenters. The average Bonchev–Trinajstić information content (AvgIpc) is 3.40. The maximum atomic E-state index is 14.6. The Bertz CT molecular complexity index is 1430. The van der Waals surface area contributed by atoms with Gasteiger partial charge in [-0.25, -0.2) is 13.6 Å². The summed E-state index contributed by atoms with van der Waals surface area (Å²) >= 11 is 0. The molecule has 0 aliphatic carbocycles. The van der Waals surface area contributed by atoms with Crippen LogP contribution in [0.5, 0.6) is 0 Å². The predicted octanol–water partition coefficient (Wildman–Crippen LogP) is 7.90. The highest BCUT2D eigenvalue weighted by Gasteiger charge is 2.30. The zero-order valence-corrected chi connectivity index (χ0v) is 26.3. The van der Waals surface area contributed by atoms with E-state index in [-0.39, 0.29) is 11.7 Å². The number of alkyl halides is 2. The number of rotatable bonds is 8. The molecule has 0 radical (unpaired) electrons. The molecule has 0 bridgehead atoms. The summed E-state index contributed by atoms with van der Waals surface area (Å²) in [6.07, 6.45) is 6.35. The number of benzene rings is 1. The van der Waals surface area contributed by atoms with Crippen LogP contribution in [0.15, 0.2) is 53.3 Å². The van der Waals surface area contributed by atoms with Gasteiger partial charge in [-0.3, -0.25) is 9.67 Å². The van der Waals surface area contributed by atoms with Crippen LogP contribution in [0, 0.1) is 5.92 Å². The number of aryl methyl sites for hydroxylation is 1. The first-order valence-electron chi connectivity index (χ1n) is 15.0. The van der Waals surface area contributed by atoms with Crippen molar-refractivity contribution in [3.8, 4) is 11.1 Å². The zero-order valence-electron chi connectivity index (χ0n) is 26.3. The third-order valence-electron chi connectivity index (χ3n) is 7.93. The maximum absolute atomic E-state index is 14.6. The number of carbonyl (C=O) groups excluding carboxylic acids is 1. The van der Waals surface area contributed by atoms with Crippen LogP contribution in [-0.4, -0.2) is 64.9 Å². The van der Waals surface area contributed by atoms with Crippen LogP contribution >= 0.6 is 0 Å². The van der Waals surface area contributed by atoms with E-state index < -0.39 is 12.0 Å². The lowest BCUT2D eigenvalue weighted by Crippen LogP contribution is -2.42. The molecule has 4 rings (SSSR count). The molecule has 9 heteroatoms. The number of ether oxygens (including phenoxy) is 2. The van der Waals surface area contributed by atoms with E-state index >= 15 is 0 Å². The van der Waals surface area contributed by atoms with Crippen LogP contribution in [0.25, 0.3) is 22.8 Å². The average molecular weight is 595 g/mol. The maximum Gasteiger partial charge on any atom is 0.410 e. The van der Waals surface area contributed by atoms with Gasteiger partial charge in [0, 0.05) is 56.2 Å². The minimum Gasteiger partial charge on any atom is -0.444 e. The van der Waals surface area contributed by atoms with E-state index in [1.807, 2.05) is 33.8 Å². The molecule has 1 amide bonds. The van der Waals surface area contributed by atoms with Crippen LogP contribution in [0.2, 0.25) is 0 Å². The molecule has 232 valence electrons. The third-order valence-corrected chi connectivity index (χ3v) is 7.93. The van der Waals surface area contributed by atoms with E-state index in [1.54, 1.807) is 47.2 Å². The van der Waals surface area contributed by atoms with Gasteiger partial charge < -0.3 is 14.4 Å². The van der Waals surface area contributed by atoms with Crippen LogP contribution < -0.4 is 0 Å². The molecule has 3 heterocycles. The monoisotopic (exact) mass is 594 g/mol. The lowest BCUT2D eigenvalue weighted by Gasteiger charge is -2.33. The fourth-order valence-corrected chi connectivity index (χ4v) is 5.56. The van der Waals surface area contributed by atoms with Gasteiger partial charge in [0.25, 0.3) is 6.43 Å². The SMILES string of the molecule is C=Cc1cc(-c2cnn(C)c2)c(C(F)F)cc1/C(=C\C)C(=NCC1CCOCC1)C1=C(C)CCN(C(=O)OC(C)(C)C)C1. The second-order valence-corrected chi connectivity index (χ2v) is 12.3. The Morgan fingerprint density at radius 2 is 2.00 bits per heavy atom. The Labute approximate surface area is 254 Å². The summed E-state index contributed by atoms with van der Waals surface area (Å²) in [5, 5.41) is 4.19. The smallest absolute Gasteiger partial charge is 0.410 e. The summed E-state index contributed by atoms with van der Waals surface area (Å²) in [6, 6.07) is 3.32. The second kappa shape index (κ2) is 13.8. The molecule has 0 saturated carbocycles. The first kappa shape index (κ1) is 32.3. The van der Waals surface area contributed by atoms with Gasteiger partial charge in [-0.1, -0.05) is 24.3 Å². The zero-order chi connectivity index (χ0) is 31.3. The molecule has 43 heavy (non-hydrogen) atoms. The third kappa shape index (κ3) is 7.88. The minimum atomic E-state index is -2.70. The Balaban J connectivity index is 1.83. The van der Waals surface area contributed by atoms with Gasteiger partial charge in [0.05, 0.1) is 18.5 Å². The Kier molecular flexibility index (Phi) is 10.4. The molecular formula is C34H44F2N4O3. The first-order valence-corrected chi connectivity index (χ1v) is 15.0. The van der Waals surface area contributed by atoms with Crippen LogP contribution in [-0.2, 0) is 16.5 Å². The van der Waals surface area contributed by atoms with E-state index in [0.29, 0.717) is 67.4 Å². The van der Waals surface area contributed by atoms with Crippen molar-refractivity contribution >= 4 is 23.5 Å².